The summed E-state index contributed by atoms with van der Waals surface area (Å²) in [6.45, 7) is 1.98. The molecule has 2 N–H and O–H groups in total. The highest BCUT2D eigenvalue weighted by atomic mass is 32.2. The molecule has 0 bridgehead atoms. The van der Waals surface area contributed by atoms with Crippen LogP contribution in [0.3, 0.4) is 0 Å². The van der Waals surface area contributed by atoms with E-state index in [0.29, 0.717) is 17.0 Å². The molecule has 1 aromatic heterocycles. The summed E-state index contributed by atoms with van der Waals surface area (Å²) in [5, 5.41) is 7.87. The molecule has 0 spiro atoms. The maximum atomic E-state index is 12.8. The minimum Gasteiger partial charge on any atom is -0.326 e. The third kappa shape index (κ3) is 5.25. The van der Waals surface area contributed by atoms with Gasteiger partial charge in [0.25, 0.3) is 5.91 Å². The standard InChI is InChI=1S/C22H21N3O2S2/c1-14-12-28-22(23-14)29-13-16-4-2-3-5-19(16)21(27)25-18-10-8-17(9-11-18)24-20(26)15-6-7-15/h2-5,8-12,15H,6-7,13H2,1H3,(H,24,26)(H,25,27). The van der Waals surface area contributed by atoms with Crippen molar-refractivity contribution in [2.45, 2.75) is 29.9 Å². The Balaban J connectivity index is 1.39. The maximum Gasteiger partial charge on any atom is 0.255 e. The number of hydrogen-bond donors (Lipinski definition) is 2. The van der Waals surface area contributed by atoms with Crippen LogP contribution in [0.4, 0.5) is 11.4 Å². The van der Waals surface area contributed by atoms with E-state index in [1.54, 1.807) is 35.2 Å². The summed E-state index contributed by atoms with van der Waals surface area (Å²) < 4.78 is 1.00. The van der Waals surface area contributed by atoms with Gasteiger partial charge in [0.15, 0.2) is 0 Å². The average molecular weight is 424 g/mol. The van der Waals surface area contributed by atoms with Gasteiger partial charge >= 0.3 is 0 Å². The van der Waals surface area contributed by atoms with Crippen molar-refractivity contribution in [3.63, 3.8) is 0 Å². The average Bonchev–Trinajstić information content (AvgIpc) is 3.50. The van der Waals surface area contributed by atoms with Crippen LogP contribution < -0.4 is 10.6 Å². The molecule has 0 unspecified atom stereocenters. The van der Waals surface area contributed by atoms with Crippen LogP contribution in [0.25, 0.3) is 0 Å². The summed E-state index contributed by atoms with van der Waals surface area (Å²) in [6, 6.07) is 14.8. The number of benzene rings is 2. The Hall–Kier alpha value is -2.64. The molecule has 0 saturated heterocycles. The molecule has 1 aliphatic rings. The molecule has 7 heteroatoms. The van der Waals surface area contributed by atoms with Crippen molar-refractivity contribution in [3.8, 4) is 0 Å². The van der Waals surface area contributed by atoms with E-state index >= 15 is 0 Å². The normalized spacial score (nSPS) is 13.1. The zero-order valence-electron chi connectivity index (χ0n) is 16.0. The van der Waals surface area contributed by atoms with Crippen molar-refractivity contribution in [2.24, 2.45) is 5.92 Å². The fraction of sp³-hybridized carbons (Fsp3) is 0.227. The molecule has 5 nitrogen and oxygen atoms in total. The Labute approximate surface area is 178 Å². The van der Waals surface area contributed by atoms with Crippen molar-refractivity contribution < 1.29 is 9.59 Å². The predicted molar refractivity (Wildman–Crippen MR) is 119 cm³/mol. The highest BCUT2D eigenvalue weighted by Gasteiger charge is 2.29. The predicted octanol–water partition coefficient (Wildman–Crippen LogP) is 5.34. The van der Waals surface area contributed by atoms with Crippen molar-refractivity contribution in [1.82, 2.24) is 4.98 Å². The zero-order chi connectivity index (χ0) is 20.2. The van der Waals surface area contributed by atoms with Crippen molar-refractivity contribution >= 4 is 46.3 Å². The van der Waals surface area contributed by atoms with Gasteiger partial charge in [0.2, 0.25) is 5.91 Å². The lowest BCUT2D eigenvalue weighted by Crippen LogP contribution is -2.15. The molecule has 2 aromatic carbocycles. The van der Waals surface area contributed by atoms with Gasteiger partial charge < -0.3 is 10.6 Å². The van der Waals surface area contributed by atoms with Crippen LogP contribution in [0.15, 0.2) is 58.3 Å². The lowest BCUT2D eigenvalue weighted by molar-refractivity contribution is -0.117. The number of anilines is 2. The molecule has 1 saturated carbocycles. The molecule has 0 aliphatic heterocycles. The van der Waals surface area contributed by atoms with Gasteiger partial charge in [-0.3, -0.25) is 9.59 Å². The number of aromatic nitrogens is 1. The molecule has 1 heterocycles. The minimum absolute atomic E-state index is 0.0728. The quantitative estimate of drug-likeness (QED) is 0.503. The Bertz CT molecular complexity index is 1030. The van der Waals surface area contributed by atoms with Gasteiger partial charge in [0.05, 0.1) is 0 Å². The highest BCUT2D eigenvalue weighted by Crippen LogP contribution is 2.30. The van der Waals surface area contributed by atoms with Crippen LogP contribution in [0.5, 0.6) is 0 Å². The molecule has 1 fully saturated rings. The Morgan fingerprint density at radius 3 is 2.41 bits per heavy atom. The first-order valence-electron chi connectivity index (χ1n) is 9.43. The van der Waals surface area contributed by atoms with Crippen LogP contribution in [-0.4, -0.2) is 16.8 Å². The third-order valence-corrected chi connectivity index (χ3v) is 6.76. The lowest BCUT2D eigenvalue weighted by Gasteiger charge is -2.10. The maximum absolute atomic E-state index is 12.8. The number of nitrogens with one attached hydrogen (secondary N) is 2. The molecular formula is C22H21N3O2S2. The lowest BCUT2D eigenvalue weighted by atomic mass is 10.1. The second-order valence-corrected chi connectivity index (χ2v) is 9.08. The summed E-state index contributed by atoms with van der Waals surface area (Å²) in [5.41, 5.74) is 4.07. The van der Waals surface area contributed by atoms with Crippen LogP contribution >= 0.6 is 23.1 Å². The van der Waals surface area contributed by atoms with Gasteiger partial charge in [-0.15, -0.1) is 11.3 Å². The molecule has 3 aromatic rings. The molecule has 4 rings (SSSR count). The van der Waals surface area contributed by atoms with Crippen molar-refractivity contribution in [2.75, 3.05) is 10.6 Å². The fourth-order valence-corrected chi connectivity index (χ4v) is 4.68. The second-order valence-electron chi connectivity index (χ2n) is 7.00. The van der Waals surface area contributed by atoms with E-state index in [1.165, 1.54) is 0 Å². The second kappa shape index (κ2) is 8.80. The van der Waals surface area contributed by atoms with Crippen LogP contribution in [-0.2, 0) is 10.5 Å². The summed E-state index contributed by atoms with van der Waals surface area (Å²) in [7, 11) is 0. The number of amides is 2. The van der Waals surface area contributed by atoms with E-state index in [-0.39, 0.29) is 17.7 Å². The minimum atomic E-state index is -0.147. The number of thioether (sulfide) groups is 1. The number of rotatable bonds is 7. The number of aryl methyl sites for hydroxylation is 1. The molecule has 2 amide bonds. The van der Waals surface area contributed by atoms with E-state index in [1.807, 2.05) is 48.7 Å². The van der Waals surface area contributed by atoms with Crippen LogP contribution in [0.2, 0.25) is 0 Å². The topological polar surface area (TPSA) is 71.1 Å². The number of carbonyl (C=O) groups excluding carboxylic acids is 2. The Morgan fingerprint density at radius 2 is 1.76 bits per heavy atom. The summed E-state index contributed by atoms with van der Waals surface area (Å²) in [4.78, 5) is 29.1. The van der Waals surface area contributed by atoms with Gasteiger partial charge in [-0.05, 0) is 55.7 Å². The third-order valence-electron chi connectivity index (χ3n) is 4.57. The van der Waals surface area contributed by atoms with Crippen molar-refractivity contribution in [1.29, 1.82) is 0 Å². The number of thiazole rings is 1. The SMILES string of the molecule is Cc1csc(SCc2ccccc2C(=O)Nc2ccc(NC(=O)C3CC3)cc2)n1. The monoisotopic (exact) mass is 423 g/mol. The molecule has 0 atom stereocenters. The highest BCUT2D eigenvalue weighted by molar-refractivity contribution is 8.00. The van der Waals surface area contributed by atoms with Crippen LogP contribution in [0.1, 0.15) is 34.5 Å². The first-order chi connectivity index (χ1) is 14.1. The Kier molecular flexibility index (Phi) is 5.97. The fourth-order valence-electron chi connectivity index (χ4n) is 2.83. The molecular weight excluding hydrogens is 402 g/mol. The zero-order valence-corrected chi connectivity index (χ0v) is 17.6. The number of nitrogens with zero attached hydrogens (tertiary/aromatic N) is 1. The van der Waals surface area contributed by atoms with E-state index < -0.39 is 0 Å². The largest absolute Gasteiger partial charge is 0.326 e. The number of hydrogen-bond acceptors (Lipinski definition) is 5. The first-order valence-corrected chi connectivity index (χ1v) is 11.3. The van der Waals surface area contributed by atoms with Gasteiger partial charge in [0.1, 0.15) is 4.34 Å². The van der Waals surface area contributed by atoms with Gasteiger partial charge in [0, 0.05) is 39.7 Å². The van der Waals surface area contributed by atoms with E-state index in [0.717, 1.165) is 34.1 Å². The molecule has 148 valence electrons. The van der Waals surface area contributed by atoms with Crippen molar-refractivity contribution in [3.05, 3.63) is 70.7 Å². The summed E-state index contributed by atoms with van der Waals surface area (Å²) in [6.07, 6.45) is 1.94. The summed E-state index contributed by atoms with van der Waals surface area (Å²) >= 11 is 3.25. The van der Waals surface area contributed by atoms with E-state index in [4.69, 9.17) is 0 Å². The molecule has 0 radical (unpaired) electrons. The van der Waals surface area contributed by atoms with E-state index in [2.05, 4.69) is 15.6 Å². The number of carbonyl (C=O) groups is 2. The molecule has 1 aliphatic carbocycles. The van der Waals surface area contributed by atoms with Crippen LogP contribution in [0, 0.1) is 12.8 Å². The summed E-state index contributed by atoms with van der Waals surface area (Å²) in [5.74, 6) is 0.773. The van der Waals surface area contributed by atoms with Gasteiger partial charge in [-0.1, -0.05) is 30.0 Å². The molecule has 29 heavy (non-hydrogen) atoms. The van der Waals surface area contributed by atoms with Gasteiger partial charge in [-0.2, -0.15) is 0 Å². The smallest absolute Gasteiger partial charge is 0.255 e. The van der Waals surface area contributed by atoms with E-state index in [9.17, 15) is 9.59 Å². The Morgan fingerprint density at radius 1 is 1.07 bits per heavy atom. The van der Waals surface area contributed by atoms with Gasteiger partial charge in [-0.25, -0.2) is 4.98 Å². The first kappa shape index (κ1) is 19.7.